The maximum atomic E-state index is 9.32. The Labute approximate surface area is 91.9 Å². The van der Waals surface area contributed by atoms with E-state index in [-0.39, 0.29) is 6.10 Å². The average Bonchev–Trinajstić information content (AvgIpc) is 2.29. The fourth-order valence-electron chi connectivity index (χ4n) is 1.39. The standard InChI is InChI=1S/C13H20O2/c1-2-13(14)9-6-10-15-11-12-7-4-3-5-8-12/h3-5,7-8,13-14H,2,6,9-11H2,1H3/t13-/m1/s1. The maximum absolute atomic E-state index is 9.32. The summed E-state index contributed by atoms with van der Waals surface area (Å²) >= 11 is 0. The zero-order valence-electron chi connectivity index (χ0n) is 9.36. The lowest BCUT2D eigenvalue weighted by Crippen LogP contribution is -2.06. The number of rotatable bonds is 7. The topological polar surface area (TPSA) is 29.5 Å². The smallest absolute Gasteiger partial charge is 0.0716 e. The fraction of sp³-hybridized carbons (Fsp3) is 0.538. The first kappa shape index (κ1) is 12.2. The van der Waals surface area contributed by atoms with E-state index in [0.29, 0.717) is 6.61 Å². The van der Waals surface area contributed by atoms with Crippen LogP contribution in [0.1, 0.15) is 31.7 Å². The van der Waals surface area contributed by atoms with Crippen LogP contribution in [0, 0.1) is 0 Å². The predicted octanol–water partition coefficient (Wildman–Crippen LogP) is 2.75. The lowest BCUT2D eigenvalue weighted by Gasteiger charge is -2.07. The van der Waals surface area contributed by atoms with Crippen LogP contribution < -0.4 is 0 Å². The summed E-state index contributed by atoms with van der Waals surface area (Å²) < 4.78 is 5.50. The summed E-state index contributed by atoms with van der Waals surface area (Å²) in [5.41, 5.74) is 1.20. The molecule has 2 nitrogen and oxygen atoms in total. The van der Waals surface area contributed by atoms with Gasteiger partial charge in [0.15, 0.2) is 0 Å². The van der Waals surface area contributed by atoms with Gasteiger partial charge >= 0.3 is 0 Å². The second-order valence-electron chi connectivity index (χ2n) is 3.74. The first-order valence-electron chi connectivity index (χ1n) is 5.62. The van der Waals surface area contributed by atoms with Crippen molar-refractivity contribution < 1.29 is 9.84 Å². The van der Waals surface area contributed by atoms with Gasteiger partial charge in [-0.05, 0) is 24.8 Å². The molecule has 0 saturated heterocycles. The van der Waals surface area contributed by atoms with E-state index in [1.165, 1.54) is 5.56 Å². The van der Waals surface area contributed by atoms with Gasteiger partial charge in [-0.25, -0.2) is 0 Å². The number of benzene rings is 1. The quantitative estimate of drug-likeness (QED) is 0.698. The SMILES string of the molecule is CC[C@@H](O)CCCOCc1ccccc1. The Morgan fingerprint density at radius 2 is 2.00 bits per heavy atom. The molecule has 0 aliphatic rings. The third-order valence-corrected chi connectivity index (χ3v) is 2.41. The highest BCUT2D eigenvalue weighted by atomic mass is 16.5. The van der Waals surface area contributed by atoms with Crippen LogP contribution in [-0.2, 0) is 11.3 Å². The summed E-state index contributed by atoms with van der Waals surface area (Å²) in [5.74, 6) is 0. The lowest BCUT2D eigenvalue weighted by atomic mass is 10.1. The number of ether oxygens (including phenoxy) is 1. The van der Waals surface area contributed by atoms with Crippen molar-refractivity contribution >= 4 is 0 Å². The molecule has 15 heavy (non-hydrogen) atoms. The molecule has 0 fully saturated rings. The monoisotopic (exact) mass is 208 g/mol. The minimum absolute atomic E-state index is 0.162. The van der Waals surface area contributed by atoms with Gasteiger partial charge in [-0.15, -0.1) is 0 Å². The second-order valence-corrected chi connectivity index (χ2v) is 3.74. The van der Waals surface area contributed by atoms with Gasteiger partial charge in [-0.3, -0.25) is 0 Å². The fourth-order valence-corrected chi connectivity index (χ4v) is 1.39. The summed E-state index contributed by atoms with van der Waals surface area (Å²) in [6, 6.07) is 10.1. The van der Waals surface area contributed by atoms with E-state index in [1.54, 1.807) is 0 Å². The van der Waals surface area contributed by atoms with Crippen LogP contribution in [0.15, 0.2) is 30.3 Å². The van der Waals surface area contributed by atoms with Crippen molar-refractivity contribution in [1.29, 1.82) is 0 Å². The molecule has 0 radical (unpaired) electrons. The highest BCUT2D eigenvalue weighted by Crippen LogP contribution is 2.04. The van der Waals surface area contributed by atoms with Gasteiger partial charge < -0.3 is 9.84 Å². The van der Waals surface area contributed by atoms with E-state index in [2.05, 4.69) is 12.1 Å². The number of aliphatic hydroxyl groups excluding tert-OH is 1. The molecule has 0 aliphatic carbocycles. The molecule has 1 aromatic rings. The molecule has 0 spiro atoms. The maximum Gasteiger partial charge on any atom is 0.0716 e. The Hall–Kier alpha value is -0.860. The molecule has 1 N–H and O–H groups in total. The van der Waals surface area contributed by atoms with Crippen molar-refractivity contribution in [3.05, 3.63) is 35.9 Å². The molecule has 84 valence electrons. The van der Waals surface area contributed by atoms with Gasteiger partial charge in [0.1, 0.15) is 0 Å². The molecular formula is C13H20O2. The highest BCUT2D eigenvalue weighted by molar-refractivity contribution is 5.13. The van der Waals surface area contributed by atoms with Crippen LogP contribution in [0.4, 0.5) is 0 Å². The molecule has 1 rings (SSSR count). The van der Waals surface area contributed by atoms with Crippen molar-refractivity contribution in [2.45, 2.75) is 38.9 Å². The molecule has 0 bridgehead atoms. The summed E-state index contributed by atoms with van der Waals surface area (Å²) in [4.78, 5) is 0. The average molecular weight is 208 g/mol. The van der Waals surface area contributed by atoms with Crippen LogP contribution >= 0.6 is 0 Å². The molecule has 0 heterocycles. The third-order valence-electron chi connectivity index (χ3n) is 2.41. The third kappa shape index (κ3) is 5.55. The summed E-state index contributed by atoms with van der Waals surface area (Å²) in [7, 11) is 0. The van der Waals surface area contributed by atoms with Gasteiger partial charge in [-0.1, -0.05) is 37.3 Å². The van der Waals surface area contributed by atoms with Crippen molar-refractivity contribution in [3.8, 4) is 0 Å². The first-order valence-corrected chi connectivity index (χ1v) is 5.62. The van der Waals surface area contributed by atoms with E-state index in [0.717, 1.165) is 25.9 Å². The van der Waals surface area contributed by atoms with Crippen molar-refractivity contribution in [3.63, 3.8) is 0 Å². The Morgan fingerprint density at radius 1 is 1.27 bits per heavy atom. The lowest BCUT2D eigenvalue weighted by molar-refractivity contribution is 0.0961. The molecule has 1 aromatic carbocycles. The molecule has 0 aromatic heterocycles. The van der Waals surface area contributed by atoms with Gasteiger partial charge in [0.25, 0.3) is 0 Å². The zero-order chi connectivity index (χ0) is 10.9. The van der Waals surface area contributed by atoms with Crippen molar-refractivity contribution in [2.24, 2.45) is 0 Å². The van der Waals surface area contributed by atoms with Crippen LogP contribution in [0.5, 0.6) is 0 Å². The predicted molar refractivity (Wildman–Crippen MR) is 61.6 cm³/mol. The van der Waals surface area contributed by atoms with Crippen LogP contribution in [0.25, 0.3) is 0 Å². The zero-order valence-corrected chi connectivity index (χ0v) is 9.36. The molecule has 0 aliphatic heterocycles. The van der Waals surface area contributed by atoms with E-state index >= 15 is 0 Å². The molecule has 0 saturated carbocycles. The Morgan fingerprint density at radius 3 is 2.67 bits per heavy atom. The van der Waals surface area contributed by atoms with E-state index in [4.69, 9.17) is 4.74 Å². The van der Waals surface area contributed by atoms with E-state index in [9.17, 15) is 5.11 Å². The summed E-state index contributed by atoms with van der Waals surface area (Å²) in [6.07, 6.45) is 2.44. The van der Waals surface area contributed by atoms with Gasteiger partial charge in [0, 0.05) is 6.61 Å². The summed E-state index contributed by atoms with van der Waals surface area (Å²) in [6.45, 7) is 3.39. The number of aliphatic hydroxyl groups is 1. The molecule has 1 atom stereocenters. The van der Waals surface area contributed by atoms with Crippen LogP contribution in [0.3, 0.4) is 0 Å². The van der Waals surface area contributed by atoms with E-state index < -0.39 is 0 Å². The minimum Gasteiger partial charge on any atom is -0.393 e. The van der Waals surface area contributed by atoms with E-state index in [1.807, 2.05) is 25.1 Å². The van der Waals surface area contributed by atoms with Gasteiger partial charge in [0.2, 0.25) is 0 Å². The highest BCUT2D eigenvalue weighted by Gasteiger charge is 1.99. The molecule has 0 amide bonds. The van der Waals surface area contributed by atoms with Crippen molar-refractivity contribution in [2.75, 3.05) is 6.61 Å². The number of hydrogen-bond acceptors (Lipinski definition) is 2. The van der Waals surface area contributed by atoms with Crippen LogP contribution in [-0.4, -0.2) is 17.8 Å². The van der Waals surface area contributed by atoms with Gasteiger partial charge in [0.05, 0.1) is 12.7 Å². The number of hydrogen-bond donors (Lipinski definition) is 1. The Bertz CT molecular complexity index is 246. The molecular weight excluding hydrogens is 188 g/mol. The molecule has 2 heteroatoms. The Balaban J connectivity index is 2.03. The second kappa shape index (κ2) is 7.43. The van der Waals surface area contributed by atoms with Crippen molar-refractivity contribution in [1.82, 2.24) is 0 Å². The Kier molecular flexibility index (Phi) is 6.05. The first-order chi connectivity index (χ1) is 7.33. The minimum atomic E-state index is -0.162. The summed E-state index contributed by atoms with van der Waals surface area (Å²) in [5, 5.41) is 9.32. The normalized spacial score (nSPS) is 12.7. The largest absolute Gasteiger partial charge is 0.393 e. The van der Waals surface area contributed by atoms with Crippen LogP contribution in [0.2, 0.25) is 0 Å². The molecule has 0 unspecified atom stereocenters. The van der Waals surface area contributed by atoms with Gasteiger partial charge in [-0.2, -0.15) is 0 Å².